The Morgan fingerprint density at radius 2 is 2.06 bits per heavy atom. The summed E-state index contributed by atoms with van der Waals surface area (Å²) in [6, 6.07) is 0.157. The fourth-order valence-corrected chi connectivity index (χ4v) is 2.18. The second-order valence-corrected chi connectivity index (χ2v) is 4.83. The van der Waals surface area contributed by atoms with Crippen LogP contribution >= 0.6 is 11.6 Å². The van der Waals surface area contributed by atoms with Crippen LogP contribution in [0.1, 0.15) is 25.7 Å². The van der Waals surface area contributed by atoms with E-state index in [1.807, 2.05) is 4.90 Å². The van der Waals surface area contributed by atoms with Gasteiger partial charge in [-0.25, -0.2) is 0 Å². The van der Waals surface area contributed by atoms with Crippen molar-refractivity contribution in [3.63, 3.8) is 0 Å². The van der Waals surface area contributed by atoms with Crippen molar-refractivity contribution in [3.8, 4) is 0 Å². The Hall–Kier alpha value is -0.810. The maximum atomic E-state index is 11.7. The molecule has 0 aliphatic carbocycles. The molecule has 1 heterocycles. The van der Waals surface area contributed by atoms with E-state index in [1.165, 1.54) is 7.11 Å². The van der Waals surface area contributed by atoms with Crippen molar-refractivity contribution in [3.05, 3.63) is 0 Å². The molecule has 0 aromatic carbocycles. The lowest BCUT2D eigenvalue weighted by Gasteiger charge is -2.32. The van der Waals surface area contributed by atoms with Gasteiger partial charge in [0.1, 0.15) is 6.61 Å². The molecule has 104 valence electrons. The normalized spacial score (nSPS) is 16.7. The van der Waals surface area contributed by atoms with E-state index in [0.717, 1.165) is 19.3 Å². The Balaban J connectivity index is 2.23. The molecule has 6 heteroatoms. The molecule has 1 aliphatic heterocycles. The van der Waals surface area contributed by atoms with Crippen molar-refractivity contribution in [1.29, 1.82) is 0 Å². The third-order valence-electron chi connectivity index (χ3n) is 3.01. The number of methoxy groups -OCH3 is 1. The minimum atomic E-state index is -0.0931. The first kappa shape index (κ1) is 15.2. The highest BCUT2D eigenvalue weighted by Crippen LogP contribution is 2.12. The summed E-state index contributed by atoms with van der Waals surface area (Å²) in [6.07, 6.45) is 2.86. The molecule has 0 saturated carbocycles. The highest BCUT2D eigenvalue weighted by molar-refractivity contribution is 6.17. The number of carbonyl (C=O) groups is 2. The van der Waals surface area contributed by atoms with Gasteiger partial charge in [0, 0.05) is 38.5 Å². The van der Waals surface area contributed by atoms with E-state index >= 15 is 0 Å². The number of hydrogen-bond donors (Lipinski definition) is 1. The molecule has 5 nitrogen and oxygen atoms in total. The van der Waals surface area contributed by atoms with Crippen molar-refractivity contribution in [2.45, 2.75) is 31.7 Å². The van der Waals surface area contributed by atoms with E-state index < -0.39 is 0 Å². The minimum Gasteiger partial charge on any atom is -0.375 e. The van der Waals surface area contributed by atoms with Gasteiger partial charge >= 0.3 is 0 Å². The standard InChI is InChI=1S/C12H21ClN2O3/c1-18-9-11(16)14-10-4-7-15(8-5-10)12(17)3-2-6-13/h10H,2-9H2,1H3,(H,14,16). The smallest absolute Gasteiger partial charge is 0.246 e. The van der Waals surface area contributed by atoms with E-state index in [-0.39, 0.29) is 24.5 Å². The molecule has 0 unspecified atom stereocenters. The van der Waals surface area contributed by atoms with Crippen LogP contribution in [0.5, 0.6) is 0 Å². The third-order valence-corrected chi connectivity index (χ3v) is 3.28. The number of piperidine rings is 1. The van der Waals surface area contributed by atoms with Crippen molar-refractivity contribution in [2.75, 3.05) is 32.7 Å². The fourth-order valence-electron chi connectivity index (χ4n) is 2.05. The summed E-state index contributed by atoms with van der Waals surface area (Å²) < 4.78 is 4.76. The number of nitrogens with zero attached hydrogens (tertiary/aromatic N) is 1. The Morgan fingerprint density at radius 3 is 2.61 bits per heavy atom. The molecule has 0 radical (unpaired) electrons. The van der Waals surface area contributed by atoms with Crippen LogP contribution in [0, 0.1) is 0 Å². The number of ether oxygens (including phenoxy) is 1. The van der Waals surface area contributed by atoms with E-state index in [9.17, 15) is 9.59 Å². The van der Waals surface area contributed by atoms with Gasteiger partial charge in [-0.2, -0.15) is 0 Å². The average molecular weight is 277 g/mol. The first-order valence-corrected chi connectivity index (χ1v) is 6.83. The van der Waals surface area contributed by atoms with Gasteiger partial charge < -0.3 is 15.0 Å². The van der Waals surface area contributed by atoms with Crippen molar-refractivity contribution in [1.82, 2.24) is 10.2 Å². The zero-order valence-electron chi connectivity index (χ0n) is 10.8. The Morgan fingerprint density at radius 1 is 1.39 bits per heavy atom. The van der Waals surface area contributed by atoms with Crippen LogP contribution in [0.25, 0.3) is 0 Å². The SMILES string of the molecule is COCC(=O)NC1CCN(C(=O)CCCCl)CC1. The van der Waals surface area contributed by atoms with E-state index in [1.54, 1.807) is 0 Å². The Labute approximate surface area is 113 Å². The Kier molecular flexibility index (Phi) is 7.05. The highest BCUT2D eigenvalue weighted by atomic mass is 35.5. The van der Waals surface area contributed by atoms with Gasteiger partial charge in [-0.3, -0.25) is 9.59 Å². The van der Waals surface area contributed by atoms with Crippen LogP contribution in [-0.2, 0) is 14.3 Å². The number of hydrogen-bond acceptors (Lipinski definition) is 3. The predicted molar refractivity (Wildman–Crippen MR) is 69.6 cm³/mol. The molecular formula is C12H21ClN2O3. The van der Waals surface area contributed by atoms with E-state index in [4.69, 9.17) is 16.3 Å². The summed E-state index contributed by atoms with van der Waals surface area (Å²) in [5.74, 6) is 0.594. The molecular weight excluding hydrogens is 256 g/mol. The van der Waals surface area contributed by atoms with Gasteiger partial charge in [0.25, 0.3) is 0 Å². The summed E-state index contributed by atoms with van der Waals surface area (Å²) in [4.78, 5) is 24.9. The molecule has 1 fully saturated rings. The number of rotatable bonds is 6. The van der Waals surface area contributed by atoms with Crippen LogP contribution in [-0.4, -0.2) is 55.4 Å². The summed E-state index contributed by atoms with van der Waals surface area (Å²) in [5, 5.41) is 2.90. The average Bonchev–Trinajstić information content (AvgIpc) is 2.37. The van der Waals surface area contributed by atoms with Gasteiger partial charge in [-0.05, 0) is 19.3 Å². The maximum Gasteiger partial charge on any atom is 0.246 e. The number of amides is 2. The van der Waals surface area contributed by atoms with Crippen molar-refractivity contribution < 1.29 is 14.3 Å². The first-order valence-electron chi connectivity index (χ1n) is 6.29. The second kappa shape index (κ2) is 8.32. The largest absolute Gasteiger partial charge is 0.375 e. The van der Waals surface area contributed by atoms with Crippen LogP contribution in [0.4, 0.5) is 0 Å². The second-order valence-electron chi connectivity index (χ2n) is 4.45. The number of carbonyl (C=O) groups excluding carboxylic acids is 2. The van der Waals surface area contributed by atoms with Crippen molar-refractivity contribution in [2.24, 2.45) is 0 Å². The Bertz CT molecular complexity index is 278. The molecule has 18 heavy (non-hydrogen) atoms. The zero-order valence-corrected chi connectivity index (χ0v) is 11.5. The lowest BCUT2D eigenvalue weighted by Crippen LogP contribution is -2.47. The van der Waals surface area contributed by atoms with Gasteiger partial charge in [-0.1, -0.05) is 0 Å². The number of alkyl halides is 1. The molecule has 0 atom stereocenters. The van der Waals surface area contributed by atoms with Gasteiger partial charge in [0.15, 0.2) is 0 Å². The molecule has 2 amide bonds. The van der Waals surface area contributed by atoms with Crippen LogP contribution in [0.2, 0.25) is 0 Å². The minimum absolute atomic E-state index is 0.0921. The van der Waals surface area contributed by atoms with Gasteiger partial charge in [-0.15, -0.1) is 11.6 Å². The van der Waals surface area contributed by atoms with Crippen molar-refractivity contribution >= 4 is 23.4 Å². The molecule has 0 spiro atoms. The topological polar surface area (TPSA) is 58.6 Å². The predicted octanol–water partition coefficient (Wildman–Crippen LogP) is 0.759. The van der Waals surface area contributed by atoms with Crippen LogP contribution in [0.15, 0.2) is 0 Å². The molecule has 1 rings (SSSR count). The molecule has 1 N–H and O–H groups in total. The number of nitrogens with one attached hydrogen (secondary N) is 1. The maximum absolute atomic E-state index is 11.7. The van der Waals surface area contributed by atoms with Crippen LogP contribution in [0.3, 0.4) is 0 Å². The molecule has 0 aromatic rings. The fraction of sp³-hybridized carbons (Fsp3) is 0.833. The monoisotopic (exact) mass is 276 g/mol. The molecule has 0 aromatic heterocycles. The van der Waals surface area contributed by atoms with E-state index in [0.29, 0.717) is 25.4 Å². The van der Waals surface area contributed by atoms with Gasteiger partial charge in [0.2, 0.25) is 11.8 Å². The number of halogens is 1. The first-order chi connectivity index (χ1) is 8.67. The summed E-state index contributed by atoms with van der Waals surface area (Å²) in [7, 11) is 1.50. The third kappa shape index (κ3) is 5.23. The number of likely N-dealkylation sites (tertiary alicyclic amines) is 1. The highest BCUT2D eigenvalue weighted by Gasteiger charge is 2.23. The molecule has 1 saturated heterocycles. The quantitative estimate of drug-likeness (QED) is 0.729. The van der Waals surface area contributed by atoms with Gasteiger partial charge in [0.05, 0.1) is 0 Å². The summed E-state index contributed by atoms with van der Waals surface area (Å²) in [6.45, 7) is 1.51. The van der Waals surface area contributed by atoms with E-state index in [2.05, 4.69) is 5.32 Å². The van der Waals surface area contributed by atoms with Crippen LogP contribution < -0.4 is 5.32 Å². The molecule has 1 aliphatic rings. The summed E-state index contributed by atoms with van der Waals surface area (Å²) in [5.41, 5.74) is 0. The lowest BCUT2D eigenvalue weighted by atomic mass is 10.0. The summed E-state index contributed by atoms with van der Waals surface area (Å²) >= 11 is 5.56. The molecule has 0 bridgehead atoms. The lowest BCUT2D eigenvalue weighted by molar-refractivity contribution is -0.132. The zero-order chi connectivity index (χ0) is 13.4.